The molecule has 188 valence electrons. The maximum absolute atomic E-state index is 13.2. The number of nitrogens with one attached hydrogen (secondary N) is 1. The average Bonchev–Trinajstić information content (AvgIpc) is 2.70. The second kappa shape index (κ2) is 10.4. The van der Waals surface area contributed by atoms with Crippen molar-refractivity contribution in [3.8, 4) is 5.75 Å². The van der Waals surface area contributed by atoms with E-state index >= 15 is 0 Å². The van der Waals surface area contributed by atoms with Crippen LogP contribution in [0.1, 0.15) is 55.0 Å². The van der Waals surface area contributed by atoms with E-state index in [4.69, 9.17) is 16.3 Å². The summed E-state index contributed by atoms with van der Waals surface area (Å²) in [7, 11) is -2.56. The largest absolute Gasteiger partial charge is 0.496 e. The summed E-state index contributed by atoms with van der Waals surface area (Å²) in [5.41, 5.74) is 1.10. The second-order valence-corrected chi connectivity index (χ2v) is 10.6. The number of sulfonamides is 1. The number of carbonyl (C=O) groups is 1. The first kappa shape index (κ1) is 27.8. The van der Waals surface area contributed by atoms with Crippen LogP contribution in [-0.2, 0) is 21.0 Å². The number of anilines is 1. The number of amides is 1. The molecule has 2 rings (SSSR count). The third kappa shape index (κ3) is 6.56. The maximum Gasteiger partial charge on any atom is 0.416 e. The number of alkyl halides is 3. The summed E-state index contributed by atoms with van der Waals surface area (Å²) in [6.45, 7) is 6.86. The van der Waals surface area contributed by atoms with Gasteiger partial charge in [-0.3, -0.25) is 9.10 Å². The Bertz CT molecular complexity index is 1170. The quantitative estimate of drug-likeness (QED) is 0.502. The fourth-order valence-corrected chi connectivity index (χ4v) is 4.70. The van der Waals surface area contributed by atoms with Crippen molar-refractivity contribution in [1.82, 2.24) is 5.32 Å². The molecule has 0 aliphatic rings. The van der Waals surface area contributed by atoms with Crippen molar-refractivity contribution in [2.45, 2.75) is 45.8 Å². The van der Waals surface area contributed by atoms with Crippen molar-refractivity contribution >= 4 is 33.2 Å². The number of methoxy groups -OCH3 is 1. The normalized spacial score (nSPS) is 13.0. The zero-order valence-electron chi connectivity index (χ0n) is 19.7. The highest BCUT2D eigenvalue weighted by Gasteiger charge is 2.33. The van der Waals surface area contributed by atoms with Gasteiger partial charge < -0.3 is 10.1 Å². The standard InChI is InChI=1S/C23H28ClF3N2O4S/c1-13(2)17-11-18(14(3)9-21(17)33-5)15(4)28-22(30)12-29(34(6,31)32)20-10-16(23(25,26)27)7-8-19(20)24/h7-11,13,15H,12H2,1-6H3,(H,28,30)/t15-/m1/s1. The van der Waals surface area contributed by atoms with E-state index in [2.05, 4.69) is 5.32 Å². The first-order valence-corrected chi connectivity index (χ1v) is 12.6. The lowest BCUT2D eigenvalue weighted by atomic mass is 9.93. The molecule has 0 aromatic heterocycles. The molecule has 1 amide bonds. The van der Waals surface area contributed by atoms with Gasteiger partial charge in [0.15, 0.2) is 0 Å². The van der Waals surface area contributed by atoms with Crippen molar-refractivity contribution in [3.63, 3.8) is 0 Å². The number of carbonyl (C=O) groups excluding carboxylic acids is 1. The minimum atomic E-state index is -4.71. The lowest BCUT2D eigenvalue weighted by molar-refractivity contribution is -0.137. The molecule has 0 aliphatic heterocycles. The van der Waals surface area contributed by atoms with Gasteiger partial charge in [-0.15, -0.1) is 0 Å². The first-order valence-electron chi connectivity index (χ1n) is 10.4. The number of rotatable bonds is 8. The monoisotopic (exact) mass is 520 g/mol. The molecular weight excluding hydrogens is 493 g/mol. The molecule has 0 spiro atoms. The predicted octanol–water partition coefficient (Wildman–Crippen LogP) is 5.44. The summed E-state index contributed by atoms with van der Waals surface area (Å²) in [5, 5.41) is 2.50. The van der Waals surface area contributed by atoms with Crippen LogP contribution >= 0.6 is 11.6 Å². The number of hydrogen-bond acceptors (Lipinski definition) is 4. The average molecular weight is 521 g/mol. The second-order valence-electron chi connectivity index (χ2n) is 8.33. The number of nitrogens with zero attached hydrogens (tertiary/aromatic N) is 1. The Hall–Kier alpha value is -2.46. The number of ether oxygens (including phenoxy) is 1. The molecular formula is C23H28ClF3N2O4S. The molecule has 0 radical (unpaired) electrons. The summed E-state index contributed by atoms with van der Waals surface area (Å²) in [6.07, 6.45) is -3.91. The van der Waals surface area contributed by atoms with Crippen LogP contribution in [0.2, 0.25) is 5.02 Å². The fourth-order valence-electron chi connectivity index (χ4n) is 3.57. The Morgan fingerprint density at radius 2 is 1.76 bits per heavy atom. The minimum absolute atomic E-state index is 0.154. The van der Waals surface area contributed by atoms with E-state index < -0.39 is 45.9 Å². The molecule has 11 heteroatoms. The van der Waals surface area contributed by atoms with E-state index in [0.29, 0.717) is 10.4 Å². The topological polar surface area (TPSA) is 75.7 Å². The molecule has 34 heavy (non-hydrogen) atoms. The van der Waals surface area contributed by atoms with Crippen LogP contribution < -0.4 is 14.4 Å². The van der Waals surface area contributed by atoms with Crippen LogP contribution in [0.25, 0.3) is 0 Å². The van der Waals surface area contributed by atoms with Crippen LogP contribution in [0.15, 0.2) is 30.3 Å². The van der Waals surface area contributed by atoms with Crippen molar-refractivity contribution in [3.05, 3.63) is 57.6 Å². The van der Waals surface area contributed by atoms with Gasteiger partial charge in [0.25, 0.3) is 0 Å². The molecule has 1 N–H and O–H groups in total. The van der Waals surface area contributed by atoms with Crippen LogP contribution in [0.4, 0.5) is 18.9 Å². The molecule has 6 nitrogen and oxygen atoms in total. The molecule has 0 heterocycles. The van der Waals surface area contributed by atoms with Gasteiger partial charge in [0.2, 0.25) is 15.9 Å². The smallest absolute Gasteiger partial charge is 0.416 e. The number of halogens is 4. The van der Waals surface area contributed by atoms with Gasteiger partial charge in [-0.05, 0) is 66.8 Å². The first-order chi connectivity index (χ1) is 15.6. The Kier molecular flexibility index (Phi) is 8.53. The van der Waals surface area contributed by atoms with Crippen LogP contribution in [-0.4, -0.2) is 34.2 Å². The Morgan fingerprint density at radius 1 is 1.15 bits per heavy atom. The Morgan fingerprint density at radius 3 is 2.26 bits per heavy atom. The SMILES string of the molecule is COc1cc(C)c([C@@H](C)NC(=O)CN(c2cc(C(F)(F)F)ccc2Cl)S(C)(=O)=O)cc1C(C)C. The van der Waals surface area contributed by atoms with Gasteiger partial charge >= 0.3 is 6.18 Å². The van der Waals surface area contributed by atoms with E-state index in [1.54, 1.807) is 14.0 Å². The van der Waals surface area contributed by atoms with E-state index in [1.165, 1.54) is 0 Å². The maximum atomic E-state index is 13.2. The summed E-state index contributed by atoms with van der Waals surface area (Å²) in [4.78, 5) is 12.8. The highest BCUT2D eigenvalue weighted by Crippen LogP contribution is 2.36. The van der Waals surface area contributed by atoms with E-state index in [9.17, 15) is 26.4 Å². The number of aryl methyl sites for hydroxylation is 1. The van der Waals surface area contributed by atoms with Crippen molar-refractivity contribution < 1.29 is 31.1 Å². The Balaban J connectivity index is 2.35. The highest BCUT2D eigenvalue weighted by molar-refractivity contribution is 7.92. The molecule has 2 aromatic carbocycles. The lowest BCUT2D eigenvalue weighted by Gasteiger charge is -2.25. The Labute approximate surface area is 203 Å². The third-order valence-electron chi connectivity index (χ3n) is 5.31. The highest BCUT2D eigenvalue weighted by atomic mass is 35.5. The molecule has 0 aliphatic carbocycles. The van der Waals surface area contributed by atoms with Crippen molar-refractivity contribution in [2.75, 3.05) is 24.2 Å². The minimum Gasteiger partial charge on any atom is -0.496 e. The van der Waals surface area contributed by atoms with Crippen LogP contribution in [0.5, 0.6) is 5.75 Å². The number of hydrogen-bond donors (Lipinski definition) is 1. The van der Waals surface area contributed by atoms with Gasteiger partial charge in [-0.2, -0.15) is 13.2 Å². The van der Waals surface area contributed by atoms with Gasteiger partial charge in [0, 0.05) is 0 Å². The zero-order valence-corrected chi connectivity index (χ0v) is 21.3. The van der Waals surface area contributed by atoms with Gasteiger partial charge in [-0.25, -0.2) is 8.42 Å². The summed E-state index contributed by atoms with van der Waals surface area (Å²) in [6, 6.07) is 5.58. The van der Waals surface area contributed by atoms with Gasteiger partial charge in [0.05, 0.1) is 35.7 Å². The third-order valence-corrected chi connectivity index (χ3v) is 6.76. The van der Waals surface area contributed by atoms with Crippen molar-refractivity contribution in [2.24, 2.45) is 0 Å². The van der Waals surface area contributed by atoms with E-state index in [0.717, 1.165) is 40.8 Å². The predicted molar refractivity (Wildman–Crippen MR) is 127 cm³/mol. The van der Waals surface area contributed by atoms with Gasteiger partial charge in [-0.1, -0.05) is 25.4 Å². The lowest BCUT2D eigenvalue weighted by Crippen LogP contribution is -2.41. The molecule has 0 saturated carbocycles. The van der Waals surface area contributed by atoms with Crippen LogP contribution in [0.3, 0.4) is 0 Å². The summed E-state index contributed by atoms with van der Waals surface area (Å²) in [5.74, 6) is 0.172. The summed E-state index contributed by atoms with van der Waals surface area (Å²) >= 11 is 6.01. The molecule has 0 saturated heterocycles. The molecule has 0 fully saturated rings. The van der Waals surface area contributed by atoms with Gasteiger partial charge in [0.1, 0.15) is 12.3 Å². The molecule has 1 atom stereocenters. The van der Waals surface area contributed by atoms with Crippen LogP contribution in [0, 0.1) is 6.92 Å². The summed E-state index contributed by atoms with van der Waals surface area (Å²) < 4.78 is 70.2. The number of benzene rings is 2. The zero-order chi connectivity index (χ0) is 26.0. The van der Waals surface area contributed by atoms with E-state index in [1.807, 2.05) is 32.9 Å². The van der Waals surface area contributed by atoms with E-state index in [-0.39, 0.29) is 10.9 Å². The molecule has 0 bridgehead atoms. The molecule has 0 unspecified atom stereocenters. The fraction of sp³-hybridized carbons (Fsp3) is 0.435. The van der Waals surface area contributed by atoms with Crippen molar-refractivity contribution in [1.29, 1.82) is 0 Å². The molecule has 2 aromatic rings.